The third-order valence-electron chi connectivity index (χ3n) is 2.48. The molecule has 2 atom stereocenters. The molecule has 0 aromatic carbocycles. The summed E-state index contributed by atoms with van der Waals surface area (Å²) in [7, 11) is -2.56. The first-order valence-electron chi connectivity index (χ1n) is 5.31. The van der Waals surface area contributed by atoms with Crippen LogP contribution in [0.1, 0.15) is 0 Å². The van der Waals surface area contributed by atoms with Gasteiger partial charge in [-0.05, 0) is 26.2 Å². The molecule has 0 spiro atoms. The van der Waals surface area contributed by atoms with Crippen molar-refractivity contribution in [3.05, 3.63) is 0 Å². The van der Waals surface area contributed by atoms with E-state index in [4.69, 9.17) is 4.12 Å². The summed E-state index contributed by atoms with van der Waals surface area (Å²) >= 11 is 0. The lowest BCUT2D eigenvalue weighted by atomic mass is 11.1. The zero-order valence-electron chi connectivity index (χ0n) is 11.2. The van der Waals surface area contributed by atoms with Crippen LogP contribution in [0.15, 0.2) is 0 Å². The predicted molar refractivity (Wildman–Crippen MR) is 67.2 cm³/mol. The Labute approximate surface area is 104 Å². The van der Waals surface area contributed by atoms with Crippen LogP contribution < -0.4 is 0 Å². The molecule has 0 saturated heterocycles. The van der Waals surface area contributed by atoms with Crippen molar-refractivity contribution in [3.63, 3.8) is 0 Å². The van der Waals surface area contributed by atoms with E-state index >= 15 is 0 Å². The molecule has 7 nitrogen and oxygen atoms in total. The van der Waals surface area contributed by atoms with Gasteiger partial charge in [0.15, 0.2) is 0 Å². The number of rotatable bonds is 6. The summed E-state index contributed by atoms with van der Waals surface area (Å²) < 4.78 is 5.85. The van der Waals surface area contributed by atoms with Gasteiger partial charge in [-0.1, -0.05) is 0 Å². The number of hydrogen-bond acceptors (Lipinski definition) is 7. The molecule has 0 radical (unpaired) electrons. The first-order valence-corrected chi connectivity index (χ1v) is 11.3. The SMILES string of the molecule is CN(O)C(O)[Si](C)(C)O[Si](C)(C)C(O)N(C)O. The molecule has 0 aromatic rings. The van der Waals surface area contributed by atoms with Gasteiger partial charge in [0.1, 0.15) is 11.7 Å². The third-order valence-corrected chi connectivity index (χ3v) is 9.92. The molecular weight excluding hydrogens is 260 g/mol. The molecule has 0 saturated carbocycles. The van der Waals surface area contributed by atoms with Crippen molar-refractivity contribution in [3.8, 4) is 0 Å². The molecule has 4 N–H and O–H groups in total. The Balaban J connectivity index is 4.81. The van der Waals surface area contributed by atoms with Crippen molar-refractivity contribution in [1.29, 1.82) is 0 Å². The molecule has 0 bridgehead atoms. The highest BCUT2D eigenvalue weighted by Crippen LogP contribution is 2.22. The average molecular weight is 284 g/mol. The summed E-state index contributed by atoms with van der Waals surface area (Å²) in [5, 5.41) is 39.5. The lowest BCUT2D eigenvalue weighted by molar-refractivity contribution is -0.155. The van der Waals surface area contributed by atoms with Crippen LogP contribution in [-0.4, -0.2) is 73.2 Å². The van der Waals surface area contributed by atoms with E-state index < -0.39 is 28.3 Å². The fourth-order valence-corrected chi connectivity index (χ4v) is 9.75. The van der Waals surface area contributed by atoms with Crippen molar-refractivity contribution < 1.29 is 24.7 Å². The van der Waals surface area contributed by atoms with E-state index in [2.05, 4.69) is 0 Å². The van der Waals surface area contributed by atoms with E-state index in [0.29, 0.717) is 10.1 Å². The quantitative estimate of drug-likeness (QED) is 0.304. The molecule has 0 rings (SSSR count). The minimum Gasteiger partial charge on any atom is -0.450 e. The molecule has 0 aliphatic rings. The Morgan fingerprint density at radius 1 is 0.824 bits per heavy atom. The number of hydroxylamine groups is 4. The number of nitrogens with zero attached hydrogens (tertiary/aromatic N) is 2. The smallest absolute Gasteiger partial charge is 0.223 e. The zero-order valence-corrected chi connectivity index (χ0v) is 13.2. The van der Waals surface area contributed by atoms with Gasteiger partial charge in [-0.15, -0.1) is 0 Å². The van der Waals surface area contributed by atoms with Crippen molar-refractivity contribution in [2.45, 2.75) is 37.9 Å². The van der Waals surface area contributed by atoms with E-state index in [1.165, 1.54) is 14.1 Å². The fraction of sp³-hybridized carbons (Fsp3) is 1.00. The Morgan fingerprint density at radius 2 is 1.06 bits per heavy atom. The zero-order chi connectivity index (χ0) is 14.0. The summed E-state index contributed by atoms with van der Waals surface area (Å²) in [6, 6.07) is 0. The molecule has 0 aliphatic carbocycles. The van der Waals surface area contributed by atoms with E-state index in [-0.39, 0.29) is 0 Å². The van der Waals surface area contributed by atoms with Crippen LogP contribution in [-0.2, 0) is 4.12 Å². The van der Waals surface area contributed by atoms with Crippen molar-refractivity contribution in [2.75, 3.05) is 14.1 Å². The highest BCUT2D eigenvalue weighted by molar-refractivity contribution is 6.85. The van der Waals surface area contributed by atoms with E-state index in [0.717, 1.165) is 0 Å². The van der Waals surface area contributed by atoms with Crippen molar-refractivity contribution >= 4 is 16.6 Å². The van der Waals surface area contributed by atoms with Crippen molar-refractivity contribution in [1.82, 2.24) is 10.1 Å². The molecule has 104 valence electrons. The normalized spacial score (nSPS) is 17.6. The summed E-state index contributed by atoms with van der Waals surface area (Å²) in [6.07, 6.45) is 0. The third kappa shape index (κ3) is 4.73. The average Bonchev–Trinajstić information content (AvgIpc) is 2.13. The van der Waals surface area contributed by atoms with Gasteiger partial charge in [0.05, 0.1) is 0 Å². The lowest BCUT2D eigenvalue weighted by Gasteiger charge is -2.40. The van der Waals surface area contributed by atoms with Crippen LogP contribution in [0.4, 0.5) is 0 Å². The number of aliphatic hydroxyl groups is 2. The minimum atomic E-state index is -2.62. The predicted octanol–water partition coefficient (Wildman–Crippen LogP) is -0.230. The number of hydrogen-bond donors (Lipinski definition) is 4. The molecule has 0 heterocycles. The van der Waals surface area contributed by atoms with Crippen molar-refractivity contribution in [2.24, 2.45) is 0 Å². The maximum absolute atomic E-state index is 9.82. The number of aliphatic hydroxyl groups excluding tert-OH is 2. The van der Waals surface area contributed by atoms with Crippen LogP contribution in [0.2, 0.25) is 26.2 Å². The summed E-state index contributed by atoms with van der Waals surface area (Å²) in [5.41, 5.74) is 0. The largest absolute Gasteiger partial charge is 0.450 e. The minimum absolute atomic E-state index is 0.700. The van der Waals surface area contributed by atoms with Gasteiger partial charge < -0.3 is 24.7 Å². The molecule has 0 fully saturated rings. The van der Waals surface area contributed by atoms with Crippen LogP contribution in [0, 0.1) is 0 Å². The second-order valence-electron chi connectivity index (χ2n) is 5.20. The first-order chi connectivity index (χ1) is 7.42. The maximum atomic E-state index is 9.82. The van der Waals surface area contributed by atoms with Gasteiger partial charge in [0.25, 0.3) is 0 Å². The van der Waals surface area contributed by atoms with Crippen LogP contribution >= 0.6 is 0 Å². The molecule has 0 aliphatic heterocycles. The standard InChI is InChI=1S/C8H24N2O5Si2/c1-9(13)7(11)16(3,4)15-17(5,6)8(12)10(2)14/h7-8,11-14H,1-6H3. The Hall–Kier alpha value is 0.154. The first kappa shape index (κ1) is 17.2. The van der Waals surface area contributed by atoms with Gasteiger partial charge in [-0.3, -0.25) is 0 Å². The summed E-state index contributed by atoms with van der Waals surface area (Å²) in [5.74, 6) is -2.18. The molecule has 2 unspecified atom stereocenters. The van der Waals surface area contributed by atoms with Gasteiger partial charge in [0, 0.05) is 14.1 Å². The second-order valence-corrected chi connectivity index (χ2v) is 13.5. The topological polar surface area (TPSA) is 96.6 Å². The molecule has 0 aromatic heterocycles. The van der Waals surface area contributed by atoms with Gasteiger partial charge in [0.2, 0.25) is 16.6 Å². The lowest BCUT2D eigenvalue weighted by Crippen LogP contribution is -2.63. The summed E-state index contributed by atoms with van der Waals surface area (Å²) in [4.78, 5) is 0. The summed E-state index contributed by atoms with van der Waals surface area (Å²) in [6.45, 7) is 6.96. The maximum Gasteiger partial charge on any atom is 0.223 e. The molecule has 9 heteroatoms. The molecule has 17 heavy (non-hydrogen) atoms. The Kier molecular flexibility index (Phi) is 5.92. The molecule has 0 amide bonds. The van der Waals surface area contributed by atoms with Gasteiger partial charge in [-0.2, -0.15) is 10.1 Å². The second kappa shape index (κ2) is 5.86. The highest BCUT2D eigenvalue weighted by Gasteiger charge is 2.45. The van der Waals surface area contributed by atoms with Gasteiger partial charge in [-0.25, -0.2) is 0 Å². The van der Waals surface area contributed by atoms with Crippen LogP contribution in [0.25, 0.3) is 0 Å². The Bertz CT molecular complexity index is 226. The van der Waals surface area contributed by atoms with Crippen LogP contribution in [0.3, 0.4) is 0 Å². The van der Waals surface area contributed by atoms with E-state index in [1.807, 2.05) is 0 Å². The Morgan fingerprint density at radius 3 is 1.24 bits per heavy atom. The molecular formula is C8H24N2O5Si2. The van der Waals surface area contributed by atoms with E-state index in [1.54, 1.807) is 26.2 Å². The van der Waals surface area contributed by atoms with E-state index in [9.17, 15) is 20.6 Å². The fourth-order valence-electron chi connectivity index (χ4n) is 1.68. The van der Waals surface area contributed by atoms with Gasteiger partial charge >= 0.3 is 0 Å². The van der Waals surface area contributed by atoms with Crippen LogP contribution in [0.5, 0.6) is 0 Å². The monoisotopic (exact) mass is 284 g/mol. The highest BCUT2D eigenvalue weighted by atomic mass is 28.4.